The Balaban J connectivity index is 1.47. The molecule has 7 nitrogen and oxygen atoms in total. The molecule has 3 aromatic carbocycles. The van der Waals surface area contributed by atoms with Crippen LogP contribution in [0.25, 0.3) is 11.4 Å². The van der Waals surface area contributed by atoms with Gasteiger partial charge in [-0.1, -0.05) is 63.6 Å². The van der Waals surface area contributed by atoms with Crippen LogP contribution in [0.1, 0.15) is 26.6 Å². The zero-order chi connectivity index (χ0) is 22.5. The fraction of sp³-hybridized carbons (Fsp3) is 0.0833. The molecule has 0 saturated carbocycles. The van der Waals surface area contributed by atoms with E-state index in [1.54, 1.807) is 31.3 Å². The third kappa shape index (κ3) is 4.76. The summed E-state index contributed by atoms with van der Waals surface area (Å²) in [7, 11) is 1.65. The van der Waals surface area contributed by atoms with Crippen LogP contribution in [-0.2, 0) is 11.3 Å². The van der Waals surface area contributed by atoms with Gasteiger partial charge >= 0.3 is 5.97 Å². The Bertz CT molecular complexity index is 1260. The SMILES string of the molecule is CN(C(=O)c1ccccc1C(=O)OCc1nc(-c2cccc(Br)c2)no1)c1ccccc1. The van der Waals surface area contributed by atoms with Crippen molar-refractivity contribution in [2.24, 2.45) is 0 Å². The molecule has 0 saturated heterocycles. The molecule has 4 aromatic rings. The molecule has 0 radical (unpaired) electrons. The maximum Gasteiger partial charge on any atom is 0.339 e. The number of anilines is 1. The van der Waals surface area contributed by atoms with E-state index in [1.807, 2.05) is 54.6 Å². The van der Waals surface area contributed by atoms with Crippen molar-refractivity contribution in [3.05, 3.63) is 100 Å². The predicted octanol–water partition coefficient (Wildman–Crippen LogP) is 5.13. The Kier molecular flexibility index (Phi) is 6.42. The first-order valence-corrected chi connectivity index (χ1v) is 10.5. The highest BCUT2D eigenvalue weighted by atomic mass is 79.9. The summed E-state index contributed by atoms with van der Waals surface area (Å²) in [5.41, 5.74) is 1.88. The molecular formula is C24H18BrN3O4. The molecule has 32 heavy (non-hydrogen) atoms. The lowest BCUT2D eigenvalue weighted by Crippen LogP contribution is -2.28. The number of carbonyl (C=O) groups excluding carboxylic acids is 2. The van der Waals surface area contributed by atoms with Crippen LogP contribution < -0.4 is 4.90 Å². The molecule has 1 aromatic heterocycles. The number of amides is 1. The zero-order valence-corrected chi connectivity index (χ0v) is 18.7. The molecule has 4 rings (SSSR count). The average Bonchev–Trinajstić information content (AvgIpc) is 3.31. The second-order valence-corrected chi connectivity index (χ2v) is 7.76. The van der Waals surface area contributed by atoms with E-state index in [4.69, 9.17) is 9.26 Å². The van der Waals surface area contributed by atoms with Gasteiger partial charge < -0.3 is 14.2 Å². The Hall–Kier alpha value is -3.78. The number of para-hydroxylation sites is 1. The normalized spacial score (nSPS) is 10.6. The summed E-state index contributed by atoms with van der Waals surface area (Å²) in [6.07, 6.45) is 0. The van der Waals surface area contributed by atoms with Crippen LogP contribution in [0.4, 0.5) is 5.69 Å². The molecule has 0 atom stereocenters. The molecule has 0 fully saturated rings. The van der Waals surface area contributed by atoms with Gasteiger partial charge in [0.15, 0.2) is 6.61 Å². The van der Waals surface area contributed by atoms with Crippen LogP contribution in [-0.4, -0.2) is 29.1 Å². The van der Waals surface area contributed by atoms with E-state index in [-0.39, 0.29) is 29.5 Å². The van der Waals surface area contributed by atoms with Crippen LogP contribution in [0.2, 0.25) is 0 Å². The minimum atomic E-state index is -0.655. The van der Waals surface area contributed by atoms with Gasteiger partial charge in [-0.2, -0.15) is 4.98 Å². The van der Waals surface area contributed by atoms with Gasteiger partial charge in [0.1, 0.15) is 0 Å². The van der Waals surface area contributed by atoms with Crippen molar-refractivity contribution in [1.82, 2.24) is 10.1 Å². The molecule has 1 heterocycles. The summed E-state index contributed by atoms with van der Waals surface area (Å²) < 4.78 is 11.4. The van der Waals surface area contributed by atoms with E-state index in [0.717, 1.165) is 10.0 Å². The van der Waals surface area contributed by atoms with Crippen molar-refractivity contribution in [1.29, 1.82) is 0 Å². The summed E-state index contributed by atoms with van der Waals surface area (Å²) in [5, 5.41) is 3.92. The number of hydrogen-bond donors (Lipinski definition) is 0. The molecule has 160 valence electrons. The number of nitrogens with zero attached hydrogens (tertiary/aromatic N) is 3. The summed E-state index contributed by atoms with van der Waals surface area (Å²) in [5.74, 6) is -0.438. The molecule has 1 amide bonds. The lowest BCUT2D eigenvalue weighted by atomic mass is 10.1. The van der Waals surface area contributed by atoms with Gasteiger partial charge in [0.2, 0.25) is 5.82 Å². The predicted molar refractivity (Wildman–Crippen MR) is 122 cm³/mol. The molecule has 0 aliphatic carbocycles. The highest BCUT2D eigenvalue weighted by molar-refractivity contribution is 9.10. The van der Waals surface area contributed by atoms with Gasteiger partial charge in [-0.05, 0) is 36.4 Å². The Morgan fingerprint density at radius 1 is 0.969 bits per heavy atom. The van der Waals surface area contributed by atoms with Crippen LogP contribution in [0.15, 0.2) is 87.9 Å². The van der Waals surface area contributed by atoms with Crippen molar-refractivity contribution < 1.29 is 18.8 Å². The van der Waals surface area contributed by atoms with Gasteiger partial charge in [-0.25, -0.2) is 4.79 Å². The smallest absolute Gasteiger partial charge is 0.339 e. The van der Waals surface area contributed by atoms with Crippen LogP contribution in [0.5, 0.6) is 0 Å². The van der Waals surface area contributed by atoms with E-state index in [2.05, 4.69) is 26.1 Å². The second-order valence-electron chi connectivity index (χ2n) is 6.84. The molecular weight excluding hydrogens is 474 g/mol. The highest BCUT2D eigenvalue weighted by Gasteiger charge is 2.22. The largest absolute Gasteiger partial charge is 0.452 e. The number of aromatic nitrogens is 2. The van der Waals surface area contributed by atoms with Gasteiger partial charge in [-0.15, -0.1) is 0 Å². The van der Waals surface area contributed by atoms with Crippen molar-refractivity contribution >= 4 is 33.5 Å². The highest BCUT2D eigenvalue weighted by Crippen LogP contribution is 2.21. The van der Waals surface area contributed by atoms with E-state index in [9.17, 15) is 9.59 Å². The molecule has 0 aliphatic heterocycles. The fourth-order valence-electron chi connectivity index (χ4n) is 3.06. The van der Waals surface area contributed by atoms with Crippen molar-refractivity contribution in [2.45, 2.75) is 6.61 Å². The summed E-state index contributed by atoms with van der Waals surface area (Å²) >= 11 is 3.40. The molecule has 0 N–H and O–H groups in total. The first-order chi connectivity index (χ1) is 15.5. The average molecular weight is 492 g/mol. The monoisotopic (exact) mass is 491 g/mol. The van der Waals surface area contributed by atoms with Gasteiger partial charge in [0.05, 0.1) is 11.1 Å². The van der Waals surface area contributed by atoms with E-state index in [1.165, 1.54) is 4.90 Å². The van der Waals surface area contributed by atoms with Crippen LogP contribution >= 0.6 is 15.9 Å². The number of benzene rings is 3. The van der Waals surface area contributed by atoms with Gasteiger partial charge in [0, 0.05) is 22.8 Å². The molecule has 0 aliphatic rings. The summed E-state index contributed by atoms with van der Waals surface area (Å²) in [6, 6.07) is 23.1. The number of carbonyl (C=O) groups is 2. The first kappa shape index (κ1) is 21.5. The number of halogens is 1. The fourth-order valence-corrected chi connectivity index (χ4v) is 3.46. The third-order valence-corrected chi connectivity index (χ3v) is 5.20. The molecule has 8 heteroatoms. The maximum absolute atomic E-state index is 13.0. The van der Waals surface area contributed by atoms with Crippen LogP contribution in [0.3, 0.4) is 0 Å². The minimum Gasteiger partial charge on any atom is -0.452 e. The topological polar surface area (TPSA) is 85.5 Å². The maximum atomic E-state index is 13.0. The zero-order valence-electron chi connectivity index (χ0n) is 17.1. The molecule has 0 unspecified atom stereocenters. The summed E-state index contributed by atoms with van der Waals surface area (Å²) in [4.78, 5) is 31.5. The Morgan fingerprint density at radius 3 is 2.44 bits per heavy atom. The summed E-state index contributed by atoms with van der Waals surface area (Å²) in [6.45, 7) is -0.211. The van der Waals surface area contributed by atoms with E-state index in [0.29, 0.717) is 11.5 Å². The van der Waals surface area contributed by atoms with Gasteiger partial charge in [-0.3, -0.25) is 4.79 Å². The van der Waals surface area contributed by atoms with Crippen molar-refractivity contribution in [3.8, 4) is 11.4 Å². The first-order valence-electron chi connectivity index (χ1n) is 9.70. The van der Waals surface area contributed by atoms with E-state index >= 15 is 0 Å². The van der Waals surface area contributed by atoms with Crippen molar-refractivity contribution in [2.75, 3.05) is 11.9 Å². The number of esters is 1. The van der Waals surface area contributed by atoms with E-state index < -0.39 is 5.97 Å². The van der Waals surface area contributed by atoms with Crippen molar-refractivity contribution in [3.63, 3.8) is 0 Å². The standard InChI is InChI=1S/C24H18BrN3O4/c1-28(18-10-3-2-4-11-18)23(29)19-12-5-6-13-20(19)24(30)31-15-21-26-22(27-32-21)16-8-7-9-17(25)14-16/h2-14H,15H2,1H3. The number of hydrogen-bond acceptors (Lipinski definition) is 6. The quantitative estimate of drug-likeness (QED) is 0.347. The third-order valence-electron chi connectivity index (χ3n) is 4.70. The number of ether oxygens (including phenoxy) is 1. The number of rotatable bonds is 6. The van der Waals surface area contributed by atoms with Crippen LogP contribution in [0, 0.1) is 0 Å². The lowest BCUT2D eigenvalue weighted by molar-refractivity contribution is 0.0427. The lowest BCUT2D eigenvalue weighted by Gasteiger charge is -2.18. The second kappa shape index (κ2) is 9.57. The van der Waals surface area contributed by atoms with Gasteiger partial charge in [0.25, 0.3) is 11.8 Å². The Labute approximate surface area is 192 Å². The molecule has 0 bridgehead atoms. The molecule has 0 spiro atoms. The minimum absolute atomic E-state index is 0.151. The Morgan fingerprint density at radius 2 is 1.69 bits per heavy atom.